The van der Waals surface area contributed by atoms with Crippen molar-refractivity contribution in [2.24, 2.45) is 5.92 Å². The van der Waals surface area contributed by atoms with E-state index in [1.165, 1.54) is 0 Å². The fraction of sp³-hybridized carbons (Fsp3) is 0.400. The predicted octanol–water partition coefficient (Wildman–Crippen LogP) is -0.464. The van der Waals surface area contributed by atoms with E-state index in [-0.39, 0.29) is 24.3 Å². The first-order valence-electron chi connectivity index (χ1n) is 5.57. The fourth-order valence-corrected chi connectivity index (χ4v) is 1.51. The summed E-state index contributed by atoms with van der Waals surface area (Å²) in [6.07, 6.45) is 3.50. The van der Waals surface area contributed by atoms with Crippen LogP contribution in [-0.4, -0.2) is 30.9 Å². The smallest absolute Gasteiger partial charge is 0.239 e. The Balaban J connectivity index is 1.80. The molecule has 1 atom stereocenters. The van der Waals surface area contributed by atoms with Gasteiger partial charge in [0.2, 0.25) is 11.9 Å². The van der Waals surface area contributed by atoms with Gasteiger partial charge in [0.15, 0.2) is 0 Å². The second kappa shape index (κ2) is 5.30. The number of H-pyrrole nitrogens is 1. The summed E-state index contributed by atoms with van der Waals surface area (Å²) in [5, 5.41) is 13.1. The average molecular weight is 249 g/mol. The summed E-state index contributed by atoms with van der Waals surface area (Å²) in [5.41, 5.74) is 5.36. The van der Waals surface area contributed by atoms with Gasteiger partial charge in [0.25, 0.3) is 0 Å². The second-order valence-corrected chi connectivity index (χ2v) is 3.99. The molecule has 4 N–H and O–H groups in total. The summed E-state index contributed by atoms with van der Waals surface area (Å²) < 4.78 is 1.72. The van der Waals surface area contributed by atoms with Crippen LogP contribution in [0.1, 0.15) is 12.7 Å². The number of hydrogen-bond acceptors (Lipinski definition) is 5. The normalized spacial score (nSPS) is 12.3. The van der Waals surface area contributed by atoms with Gasteiger partial charge in [-0.25, -0.2) is 0 Å². The van der Waals surface area contributed by atoms with Crippen LogP contribution in [0, 0.1) is 5.92 Å². The Morgan fingerprint density at radius 1 is 1.67 bits per heavy atom. The van der Waals surface area contributed by atoms with Crippen LogP contribution >= 0.6 is 0 Å². The van der Waals surface area contributed by atoms with Crippen LogP contribution in [0.4, 0.5) is 5.95 Å². The first-order chi connectivity index (χ1) is 8.65. The van der Waals surface area contributed by atoms with Gasteiger partial charge in [-0.2, -0.15) is 10.1 Å². The van der Waals surface area contributed by atoms with E-state index in [4.69, 9.17) is 5.73 Å². The highest BCUT2D eigenvalue weighted by molar-refractivity contribution is 5.78. The molecular formula is C10H15N7O. The Kier molecular flexibility index (Phi) is 3.56. The summed E-state index contributed by atoms with van der Waals surface area (Å²) in [4.78, 5) is 15.7. The predicted molar refractivity (Wildman–Crippen MR) is 64.0 cm³/mol. The van der Waals surface area contributed by atoms with Gasteiger partial charge in [-0.05, 0) is 6.07 Å². The molecule has 0 saturated heterocycles. The SMILES string of the molecule is CC(Cn1cccn1)C(=O)NCc1nc(N)n[nH]1. The Labute approximate surface area is 104 Å². The zero-order valence-electron chi connectivity index (χ0n) is 10.00. The number of hydrogen-bond donors (Lipinski definition) is 3. The summed E-state index contributed by atoms with van der Waals surface area (Å²) >= 11 is 0. The first kappa shape index (κ1) is 12.1. The van der Waals surface area contributed by atoms with Crippen molar-refractivity contribution in [2.45, 2.75) is 20.0 Å². The molecule has 18 heavy (non-hydrogen) atoms. The van der Waals surface area contributed by atoms with Crippen LogP contribution in [-0.2, 0) is 17.9 Å². The van der Waals surface area contributed by atoms with E-state index >= 15 is 0 Å². The van der Waals surface area contributed by atoms with Crippen LogP contribution in [0.3, 0.4) is 0 Å². The van der Waals surface area contributed by atoms with Gasteiger partial charge in [0.05, 0.1) is 19.0 Å². The maximum absolute atomic E-state index is 11.8. The van der Waals surface area contributed by atoms with Crippen molar-refractivity contribution in [2.75, 3.05) is 5.73 Å². The Hall–Kier alpha value is -2.38. The van der Waals surface area contributed by atoms with Crippen LogP contribution in [0.25, 0.3) is 0 Å². The number of rotatable bonds is 5. The molecule has 0 spiro atoms. The summed E-state index contributed by atoms with van der Waals surface area (Å²) in [5.74, 6) is 0.460. The number of carbonyl (C=O) groups excluding carboxylic acids is 1. The zero-order valence-corrected chi connectivity index (χ0v) is 10.00. The van der Waals surface area contributed by atoms with Crippen molar-refractivity contribution in [1.29, 1.82) is 0 Å². The molecule has 2 aromatic heterocycles. The third kappa shape index (κ3) is 3.06. The highest BCUT2D eigenvalue weighted by Gasteiger charge is 2.13. The lowest BCUT2D eigenvalue weighted by Gasteiger charge is -2.11. The summed E-state index contributed by atoms with van der Waals surface area (Å²) in [6, 6.07) is 1.82. The maximum Gasteiger partial charge on any atom is 0.239 e. The molecule has 0 fully saturated rings. The molecule has 0 aliphatic rings. The number of amides is 1. The average Bonchev–Trinajstić information content (AvgIpc) is 2.97. The molecule has 1 unspecified atom stereocenters. The monoisotopic (exact) mass is 249 g/mol. The Bertz CT molecular complexity index is 504. The molecule has 0 saturated carbocycles. The molecule has 1 amide bonds. The number of nitrogens with one attached hydrogen (secondary N) is 2. The lowest BCUT2D eigenvalue weighted by molar-refractivity contribution is -0.125. The second-order valence-electron chi connectivity index (χ2n) is 3.99. The Morgan fingerprint density at radius 3 is 3.11 bits per heavy atom. The lowest BCUT2D eigenvalue weighted by atomic mass is 10.1. The first-order valence-corrected chi connectivity index (χ1v) is 5.57. The van der Waals surface area contributed by atoms with Gasteiger partial charge in [-0.1, -0.05) is 6.92 Å². The minimum atomic E-state index is -0.176. The van der Waals surface area contributed by atoms with E-state index in [0.29, 0.717) is 12.4 Å². The quantitative estimate of drug-likeness (QED) is 0.663. The largest absolute Gasteiger partial charge is 0.367 e. The van der Waals surface area contributed by atoms with Gasteiger partial charge in [0.1, 0.15) is 5.82 Å². The van der Waals surface area contributed by atoms with Crippen LogP contribution < -0.4 is 11.1 Å². The highest BCUT2D eigenvalue weighted by Crippen LogP contribution is 2.00. The van der Waals surface area contributed by atoms with E-state index in [0.717, 1.165) is 0 Å². The minimum absolute atomic E-state index is 0.0690. The fourth-order valence-electron chi connectivity index (χ4n) is 1.51. The molecule has 2 heterocycles. The molecule has 96 valence electrons. The third-order valence-electron chi connectivity index (χ3n) is 2.45. The minimum Gasteiger partial charge on any atom is -0.367 e. The molecule has 2 aromatic rings. The van der Waals surface area contributed by atoms with Crippen molar-refractivity contribution < 1.29 is 4.79 Å². The van der Waals surface area contributed by atoms with Crippen LogP contribution in [0.2, 0.25) is 0 Å². The molecule has 0 bridgehead atoms. The van der Waals surface area contributed by atoms with Crippen LogP contribution in [0.15, 0.2) is 18.5 Å². The lowest BCUT2D eigenvalue weighted by Crippen LogP contribution is -2.31. The van der Waals surface area contributed by atoms with E-state index < -0.39 is 0 Å². The van der Waals surface area contributed by atoms with Crippen molar-refractivity contribution in [3.05, 3.63) is 24.3 Å². The molecular weight excluding hydrogens is 234 g/mol. The molecule has 2 rings (SSSR count). The molecule has 0 radical (unpaired) electrons. The van der Waals surface area contributed by atoms with Crippen molar-refractivity contribution in [1.82, 2.24) is 30.3 Å². The zero-order chi connectivity index (χ0) is 13.0. The molecule has 0 aromatic carbocycles. The van der Waals surface area contributed by atoms with Gasteiger partial charge in [-0.3, -0.25) is 14.6 Å². The number of aromatic amines is 1. The number of nitrogens with two attached hydrogens (primary N) is 1. The molecule has 8 heteroatoms. The number of nitrogen functional groups attached to an aromatic ring is 1. The topological polar surface area (TPSA) is 115 Å². The van der Waals surface area contributed by atoms with E-state index in [9.17, 15) is 4.79 Å². The number of carbonyl (C=O) groups is 1. The van der Waals surface area contributed by atoms with Gasteiger partial charge in [-0.15, -0.1) is 5.10 Å². The van der Waals surface area contributed by atoms with Crippen molar-refractivity contribution in [3.8, 4) is 0 Å². The van der Waals surface area contributed by atoms with Crippen molar-refractivity contribution in [3.63, 3.8) is 0 Å². The summed E-state index contributed by atoms with van der Waals surface area (Å²) in [6.45, 7) is 2.66. The van der Waals surface area contributed by atoms with Gasteiger partial charge < -0.3 is 11.1 Å². The third-order valence-corrected chi connectivity index (χ3v) is 2.45. The van der Waals surface area contributed by atoms with E-state index in [1.807, 2.05) is 19.2 Å². The maximum atomic E-state index is 11.8. The number of anilines is 1. The van der Waals surface area contributed by atoms with E-state index in [2.05, 4.69) is 25.6 Å². The molecule has 8 nitrogen and oxygen atoms in total. The standard InChI is InChI=1S/C10H15N7O/c1-7(6-17-4-2-3-13-17)9(18)12-5-8-14-10(11)16-15-8/h2-4,7H,5-6H2,1H3,(H,12,18)(H3,11,14,15,16). The van der Waals surface area contributed by atoms with Gasteiger partial charge >= 0.3 is 0 Å². The Morgan fingerprint density at radius 2 is 2.50 bits per heavy atom. The highest BCUT2D eigenvalue weighted by atomic mass is 16.1. The van der Waals surface area contributed by atoms with E-state index in [1.54, 1.807) is 10.9 Å². The van der Waals surface area contributed by atoms with Gasteiger partial charge in [0, 0.05) is 12.4 Å². The number of aromatic nitrogens is 5. The molecule has 0 aliphatic carbocycles. The van der Waals surface area contributed by atoms with Crippen LogP contribution in [0.5, 0.6) is 0 Å². The summed E-state index contributed by atoms with van der Waals surface area (Å²) in [7, 11) is 0. The molecule has 0 aliphatic heterocycles. The van der Waals surface area contributed by atoms with Crippen molar-refractivity contribution >= 4 is 11.9 Å². The number of nitrogens with zero attached hydrogens (tertiary/aromatic N) is 4.